The number of halogens is 2. The third-order valence-electron chi connectivity index (χ3n) is 3.98. The van der Waals surface area contributed by atoms with Gasteiger partial charge < -0.3 is 15.7 Å². The van der Waals surface area contributed by atoms with E-state index in [1.807, 2.05) is 26.0 Å². The molecule has 6 heteroatoms. The molecule has 0 spiro atoms. The Morgan fingerprint density at radius 1 is 1.12 bits per heavy atom. The van der Waals surface area contributed by atoms with Gasteiger partial charge in [-0.15, -0.1) is 0 Å². The van der Waals surface area contributed by atoms with Gasteiger partial charge in [-0.3, -0.25) is 0 Å². The van der Waals surface area contributed by atoms with E-state index in [4.69, 9.17) is 0 Å². The number of hydrogen-bond donors (Lipinski definition) is 3. The van der Waals surface area contributed by atoms with Crippen molar-refractivity contribution in [2.24, 2.45) is 5.92 Å². The average Bonchev–Trinajstić information content (AvgIpc) is 2.58. The fraction of sp³-hybridized carbons (Fsp3) is 0.316. The number of benzene rings is 2. The Morgan fingerprint density at radius 2 is 1.80 bits per heavy atom. The normalized spacial score (nSPS) is 12.1. The number of carbonyl (C=O) groups excluding carboxylic acids is 1. The zero-order valence-electron chi connectivity index (χ0n) is 14.2. The lowest BCUT2D eigenvalue weighted by atomic mass is 9.95. The van der Waals surface area contributed by atoms with E-state index in [2.05, 4.69) is 10.6 Å². The summed E-state index contributed by atoms with van der Waals surface area (Å²) in [6.07, 6.45) is 0. The molecule has 0 aliphatic heterocycles. The van der Waals surface area contributed by atoms with Gasteiger partial charge in [-0.2, -0.15) is 0 Å². The van der Waals surface area contributed by atoms with Crippen LogP contribution in [0, 0.1) is 17.6 Å². The van der Waals surface area contributed by atoms with E-state index in [1.165, 1.54) is 12.1 Å². The average molecular weight is 348 g/mol. The van der Waals surface area contributed by atoms with Crippen LogP contribution in [0.1, 0.15) is 36.6 Å². The molecule has 2 amide bonds. The summed E-state index contributed by atoms with van der Waals surface area (Å²) >= 11 is 0. The molecule has 0 aromatic heterocycles. The summed E-state index contributed by atoms with van der Waals surface area (Å²) in [5, 5.41) is 14.7. The smallest absolute Gasteiger partial charge is 0.315 e. The van der Waals surface area contributed by atoms with E-state index in [-0.39, 0.29) is 24.6 Å². The van der Waals surface area contributed by atoms with Crippen LogP contribution >= 0.6 is 0 Å². The van der Waals surface area contributed by atoms with Crippen molar-refractivity contribution in [1.82, 2.24) is 10.6 Å². The first-order valence-electron chi connectivity index (χ1n) is 8.09. The third-order valence-corrected chi connectivity index (χ3v) is 3.98. The van der Waals surface area contributed by atoms with E-state index < -0.39 is 23.7 Å². The minimum absolute atomic E-state index is 0.0876. The Labute approximate surface area is 145 Å². The topological polar surface area (TPSA) is 61.4 Å². The van der Waals surface area contributed by atoms with Gasteiger partial charge in [0.2, 0.25) is 0 Å². The number of amides is 2. The first-order valence-corrected chi connectivity index (χ1v) is 8.09. The molecule has 0 aliphatic rings. The molecule has 2 aromatic carbocycles. The van der Waals surface area contributed by atoms with Crippen molar-refractivity contribution in [2.45, 2.75) is 33.0 Å². The van der Waals surface area contributed by atoms with Crippen LogP contribution in [0.5, 0.6) is 0 Å². The maximum Gasteiger partial charge on any atom is 0.315 e. The number of carbonyl (C=O) groups is 1. The Morgan fingerprint density at radius 3 is 2.40 bits per heavy atom. The van der Waals surface area contributed by atoms with Crippen molar-refractivity contribution in [1.29, 1.82) is 0 Å². The Balaban J connectivity index is 2.05. The van der Waals surface area contributed by atoms with Crippen LogP contribution in [0.2, 0.25) is 0 Å². The monoisotopic (exact) mass is 348 g/mol. The van der Waals surface area contributed by atoms with Crippen LogP contribution in [0.4, 0.5) is 13.6 Å². The highest BCUT2D eigenvalue weighted by atomic mass is 19.1. The molecule has 0 fully saturated rings. The summed E-state index contributed by atoms with van der Waals surface area (Å²) in [6, 6.07) is 9.48. The SMILES string of the molecule is CC(C)C(NC(=O)NCc1ccccc1CO)c1ccc(F)cc1F. The maximum atomic E-state index is 14.0. The molecule has 2 aromatic rings. The van der Waals surface area contributed by atoms with Gasteiger partial charge >= 0.3 is 6.03 Å². The zero-order chi connectivity index (χ0) is 18.4. The summed E-state index contributed by atoms with van der Waals surface area (Å²) in [4.78, 5) is 12.2. The van der Waals surface area contributed by atoms with E-state index in [0.717, 1.165) is 17.2 Å². The van der Waals surface area contributed by atoms with Crippen molar-refractivity contribution in [3.63, 3.8) is 0 Å². The lowest BCUT2D eigenvalue weighted by Crippen LogP contribution is -2.39. The number of nitrogens with one attached hydrogen (secondary N) is 2. The molecule has 25 heavy (non-hydrogen) atoms. The predicted octanol–water partition coefficient (Wildman–Crippen LogP) is 3.65. The van der Waals surface area contributed by atoms with Crippen molar-refractivity contribution >= 4 is 6.03 Å². The molecular formula is C19H22F2N2O2. The summed E-state index contributed by atoms with van der Waals surface area (Å²) in [5.74, 6) is -1.44. The highest BCUT2D eigenvalue weighted by molar-refractivity contribution is 5.74. The van der Waals surface area contributed by atoms with Crippen LogP contribution in [-0.4, -0.2) is 11.1 Å². The van der Waals surface area contributed by atoms with E-state index in [0.29, 0.717) is 0 Å². The highest BCUT2D eigenvalue weighted by Gasteiger charge is 2.22. The fourth-order valence-corrected chi connectivity index (χ4v) is 2.61. The van der Waals surface area contributed by atoms with Gasteiger partial charge in [0.1, 0.15) is 11.6 Å². The van der Waals surface area contributed by atoms with E-state index >= 15 is 0 Å². The molecule has 4 nitrogen and oxygen atoms in total. The molecule has 1 atom stereocenters. The minimum Gasteiger partial charge on any atom is -0.392 e. The van der Waals surface area contributed by atoms with Gasteiger partial charge in [0.05, 0.1) is 12.6 Å². The second-order valence-corrected chi connectivity index (χ2v) is 6.14. The molecule has 0 aliphatic carbocycles. The molecule has 0 bridgehead atoms. The fourth-order valence-electron chi connectivity index (χ4n) is 2.61. The van der Waals surface area contributed by atoms with Gasteiger partial charge in [0.15, 0.2) is 0 Å². The van der Waals surface area contributed by atoms with Crippen molar-refractivity contribution in [3.05, 3.63) is 70.8 Å². The Kier molecular flexibility index (Phi) is 6.47. The lowest BCUT2D eigenvalue weighted by Gasteiger charge is -2.23. The number of rotatable bonds is 6. The summed E-state index contributed by atoms with van der Waals surface area (Å²) < 4.78 is 27.1. The zero-order valence-corrected chi connectivity index (χ0v) is 14.2. The van der Waals surface area contributed by atoms with Gasteiger partial charge in [-0.05, 0) is 23.1 Å². The molecule has 1 unspecified atom stereocenters. The van der Waals surface area contributed by atoms with Gasteiger partial charge in [0, 0.05) is 18.2 Å². The first-order chi connectivity index (χ1) is 11.9. The third kappa shape index (κ3) is 5.00. The van der Waals surface area contributed by atoms with Gasteiger partial charge in [-0.1, -0.05) is 44.2 Å². The molecular weight excluding hydrogens is 326 g/mol. The number of urea groups is 1. The number of aliphatic hydroxyl groups is 1. The van der Waals surface area contributed by atoms with Crippen LogP contribution in [0.15, 0.2) is 42.5 Å². The van der Waals surface area contributed by atoms with Crippen LogP contribution in [-0.2, 0) is 13.2 Å². The molecule has 0 saturated heterocycles. The van der Waals surface area contributed by atoms with Crippen molar-refractivity contribution in [2.75, 3.05) is 0 Å². The standard InChI is InChI=1S/C19H22F2N2O2/c1-12(2)18(16-8-7-15(20)9-17(16)21)23-19(25)22-10-13-5-3-4-6-14(13)11-24/h3-9,12,18,24H,10-11H2,1-2H3,(H2,22,23,25). The minimum atomic E-state index is -0.690. The van der Waals surface area contributed by atoms with Gasteiger partial charge in [-0.25, -0.2) is 13.6 Å². The van der Waals surface area contributed by atoms with Crippen LogP contribution in [0.25, 0.3) is 0 Å². The first kappa shape index (κ1) is 18.9. The highest BCUT2D eigenvalue weighted by Crippen LogP contribution is 2.24. The molecule has 134 valence electrons. The number of hydrogen-bond acceptors (Lipinski definition) is 2. The molecule has 0 saturated carbocycles. The second-order valence-electron chi connectivity index (χ2n) is 6.14. The number of aliphatic hydroxyl groups excluding tert-OH is 1. The molecule has 0 radical (unpaired) electrons. The quantitative estimate of drug-likeness (QED) is 0.746. The second kappa shape index (κ2) is 8.58. The van der Waals surface area contributed by atoms with Crippen LogP contribution in [0.3, 0.4) is 0 Å². The molecule has 3 N–H and O–H groups in total. The predicted molar refractivity (Wildman–Crippen MR) is 91.7 cm³/mol. The summed E-state index contributed by atoms with van der Waals surface area (Å²) in [6.45, 7) is 3.80. The molecule has 2 rings (SSSR count). The maximum absolute atomic E-state index is 14.0. The van der Waals surface area contributed by atoms with Crippen molar-refractivity contribution in [3.8, 4) is 0 Å². The van der Waals surface area contributed by atoms with Crippen molar-refractivity contribution < 1.29 is 18.7 Å². The molecule has 0 heterocycles. The van der Waals surface area contributed by atoms with E-state index in [9.17, 15) is 18.7 Å². The summed E-state index contributed by atoms with van der Waals surface area (Å²) in [5.41, 5.74) is 1.77. The summed E-state index contributed by atoms with van der Waals surface area (Å²) in [7, 11) is 0. The van der Waals surface area contributed by atoms with E-state index in [1.54, 1.807) is 12.1 Å². The lowest BCUT2D eigenvalue weighted by molar-refractivity contribution is 0.232. The van der Waals surface area contributed by atoms with Crippen LogP contribution < -0.4 is 10.6 Å². The Bertz CT molecular complexity index is 735. The van der Waals surface area contributed by atoms with Gasteiger partial charge in [0.25, 0.3) is 0 Å². The largest absolute Gasteiger partial charge is 0.392 e. The Hall–Kier alpha value is -2.47.